The lowest BCUT2D eigenvalue weighted by Gasteiger charge is -2.32. The number of likely N-dealkylation sites (N-methyl/N-ethyl adjacent to an activating group) is 1. The van der Waals surface area contributed by atoms with E-state index in [1.165, 1.54) is 0 Å². The van der Waals surface area contributed by atoms with Gasteiger partial charge in [0, 0.05) is 56.4 Å². The molecular formula is C17H23N5OS. The van der Waals surface area contributed by atoms with Crippen LogP contribution in [0.25, 0.3) is 11.3 Å². The summed E-state index contributed by atoms with van der Waals surface area (Å²) in [5.41, 5.74) is 2.61. The van der Waals surface area contributed by atoms with Crippen LogP contribution in [0, 0.1) is 0 Å². The first-order valence-corrected chi connectivity index (χ1v) is 9.46. The Kier molecular flexibility index (Phi) is 4.28. The lowest BCUT2D eigenvalue weighted by Crippen LogP contribution is -2.44. The summed E-state index contributed by atoms with van der Waals surface area (Å²) in [6.45, 7) is 5.95. The van der Waals surface area contributed by atoms with Gasteiger partial charge in [-0.3, -0.25) is 4.79 Å². The fourth-order valence-corrected chi connectivity index (χ4v) is 4.18. The van der Waals surface area contributed by atoms with Crippen LogP contribution >= 0.6 is 11.3 Å². The maximum absolute atomic E-state index is 12.4. The van der Waals surface area contributed by atoms with Crippen LogP contribution in [0.1, 0.15) is 23.3 Å². The summed E-state index contributed by atoms with van der Waals surface area (Å²) in [5, 5.41) is 3.16. The highest BCUT2D eigenvalue weighted by Gasteiger charge is 2.22. The van der Waals surface area contributed by atoms with Gasteiger partial charge in [-0.15, -0.1) is 11.3 Å². The van der Waals surface area contributed by atoms with E-state index in [4.69, 9.17) is 4.98 Å². The van der Waals surface area contributed by atoms with Gasteiger partial charge in [-0.1, -0.05) is 0 Å². The molecule has 0 aliphatic carbocycles. The van der Waals surface area contributed by atoms with Crippen LogP contribution in [0.15, 0.2) is 17.6 Å². The number of thiazole rings is 1. The minimum absolute atomic E-state index is 0.105. The maximum Gasteiger partial charge on any atom is 0.270 e. The van der Waals surface area contributed by atoms with Crippen molar-refractivity contribution < 1.29 is 4.79 Å². The molecule has 0 spiro atoms. The maximum atomic E-state index is 12.4. The van der Waals surface area contributed by atoms with Gasteiger partial charge in [0.15, 0.2) is 5.13 Å². The van der Waals surface area contributed by atoms with Crippen LogP contribution in [0.2, 0.25) is 0 Å². The Labute approximate surface area is 146 Å². The Bertz CT molecular complexity index is 710. The van der Waals surface area contributed by atoms with E-state index in [0.29, 0.717) is 5.69 Å². The van der Waals surface area contributed by atoms with E-state index < -0.39 is 0 Å². The highest BCUT2D eigenvalue weighted by Crippen LogP contribution is 2.28. The Morgan fingerprint density at radius 2 is 1.92 bits per heavy atom. The molecule has 2 aromatic heterocycles. The molecule has 128 valence electrons. The summed E-state index contributed by atoms with van der Waals surface area (Å²) in [6, 6.07) is 1.93. The largest absolute Gasteiger partial charge is 0.357 e. The number of amides is 1. The lowest BCUT2D eigenvalue weighted by molar-refractivity contribution is 0.0788. The van der Waals surface area contributed by atoms with Gasteiger partial charge in [0.25, 0.3) is 5.91 Å². The van der Waals surface area contributed by atoms with Crippen molar-refractivity contribution in [2.24, 2.45) is 0 Å². The number of nitrogens with one attached hydrogen (secondary N) is 1. The Morgan fingerprint density at radius 3 is 2.67 bits per heavy atom. The number of carbonyl (C=O) groups excluding carboxylic acids is 1. The van der Waals surface area contributed by atoms with Crippen molar-refractivity contribution >= 4 is 22.4 Å². The smallest absolute Gasteiger partial charge is 0.270 e. The monoisotopic (exact) mass is 345 g/mol. The Hall–Kier alpha value is -1.86. The van der Waals surface area contributed by atoms with Gasteiger partial charge in [-0.2, -0.15) is 0 Å². The number of aromatic amines is 1. The fraction of sp³-hybridized carbons (Fsp3) is 0.529. The summed E-state index contributed by atoms with van der Waals surface area (Å²) < 4.78 is 0. The summed E-state index contributed by atoms with van der Waals surface area (Å²) in [7, 11) is 2.16. The highest BCUT2D eigenvalue weighted by atomic mass is 32.1. The van der Waals surface area contributed by atoms with Crippen molar-refractivity contribution in [1.29, 1.82) is 0 Å². The van der Waals surface area contributed by atoms with Crippen LogP contribution in [-0.4, -0.2) is 72.0 Å². The van der Waals surface area contributed by atoms with E-state index in [1.54, 1.807) is 11.3 Å². The molecule has 4 heterocycles. The second-order valence-electron chi connectivity index (χ2n) is 6.61. The van der Waals surface area contributed by atoms with E-state index in [9.17, 15) is 4.79 Å². The highest BCUT2D eigenvalue weighted by molar-refractivity contribution is 7.14. The van der Waals surface area contributed by atoms with E-state index >= 15 is 0 Å². The molecular weight excluding hydrogens is 322 g/mol. The number of likely N-dealkylation sites (tertiary alicyclic amines) is 1. The molecule has 0 atom stereocenters. The van der Waals surface area contributed by atoms with E-state index in [2.05, 4.69) is 27.2 Å². The van der Waals surface area contributed by atoms with Crippen molar-refractivity contribution in [3.8, 4) is 11.3 Å². The number of carbonyl (C=O) groups is 1. The van der Waals surface area contributed by atoms with Gasteiger partial charge in [-0.05, 0) is 26.0 Å². The zero-order chi connectivity index (χ0) is 16.5. The molecule has 0 unspecified atom stereocenters. The molecule has 0 saturated carbocycles. The second-order valence-corrected chi connectivity index (χ2v) is 7.44. The third-order valence-corrected chi connectivity index (χ3v) is 5.77. The number of anilines is 1. The average molecular weight is 345 g/mol. The van der Waals surface area contributed by atoms with Crippen LogP contribution in [-0.2, 0) is 0 Å². The van der Waals surface area contributed by atoms with Crippen molar-refractivity contribution in [3.05, 3.63) is 23.3 Å². The fourth-order valence-electron chi connectivity index (χ4n) is 3.30. The Balaban J connectivity index is 1.47. The zero-order valence-electron chi connectivity index (χ0n) is 14.0. The number of hydrogen-bond acceptors (Lipinski definition) is 5. The van der Waals surface area contributed by atoms with Crippen molar-refractivity contribution in [2.75, 3.05) is 51.2 Å². The van der Waals surface area contributed by atoms with Crippen LogP contribution < -0.4 is 4.90 Å². The molecule has 2 aromatic rings. The summed E-state index contributed by atoms with van der Waals surface area (Å²) in [5.74, 6) is 0.105. The molecule has 24 heavy (non-hydrogen) atoms. The molecule has 0 aromatic carbocycles. The number of hydrogen-bond donors (Lipinski definition) is 1. The SMILES string of the molecule is CN1CCN(c2nc(-c3c[nH]c(C(=O)N4CCCC4)c3)cs2)CC1. The van der Waals surface area contributed by atoms with Gasteiger partial charge >= 0.3 is 0 Å². The predicted molar refractivity (Wildman–Crippen MR) is 96.7 cm³/mol. The molecule has 2 aliphatic rings. The number of piperazine rings is 1. The topological polar surface area (TPSA) is 55.5 Å². The molecule has 0 bridgehead atoms. The first-order valence-electron chi connectivity index (χ1n) is 8.58. The molecule has 6 nitrogen and oxygen atoms in total. The molecule has 4 rings (SSSR count). The van der Waals surface area contributed by atoms with Crippen LogP contribution in [0.4, 0.5) is 5.13 Å². The van der Waals surface area contributed by atoms with E-state index in [0.717, 1.165) is 68.5 Å². The molecule has 7 heteroatoms. The molecule has 2 saturated heterocycles. The minimum Gasteiger partial charge on any atom is -0.357 e. The van der Waals surface area contributed by atoms with Crippen molar-refractivity contribution in [1.82, 2.24) is 19.8 Å². The van der Waals surface area contributed by atoms with Crippen molar-refractivity contribution in [2.45, 2.75) is 12.8 Å². The molecule has 1 N–H and O–H groups in total. The van der Waals surface area contributed by atoms with Crippen LogP contribution in [0.5, 0.6) is 0 Å². The molecule has 1 amide bonds. The van der Waals surface area contributed by atoms with Gasteiger partial charge in [0.1, 0.15) is 5.69 Å². The van der Waals surface area contributed by atoms with Gasteiger partial charge in [0.05, 0.1) is 5.69 Å². The zero-order valence-corrected chi connectivity index (χ0v) is 14.8. The number of aromatic nitrogens is 2. The van der Waals surface area contributed by atoms with E-state index in [1.807, 2.05) is 17.2 Å². The first-order chi connectivity index (χ1) is 11.7. The predicted octanol–water partition coefficient (Wildman–Crippen LogP) is 2.13. The summed E-state index contributed by atoms with van der Waals surface area (Å²) in [6.07, 6.45) is 4.12. The van der Waals surface area contributed by atoms with Gasteiger partial charge in [0.2, 0.25) is 0 Å². The van der Waals surface area contributed by atoms with Gasteiger partial charge in [-0.25, -0.2) is 4.98 Å². The first kappa shape index (κ1) is 15.7. The lowest BCUT2D eigenvalue weighted by atomic mass is 10.2. The number of H-pyrrole nitrogens is 1. The van der Waals surface area contributed by atoms with Gasteiger partial charge < -0.3 is 19.7 Å². The molecule has 2 fully saturated rings. The quantitative estimate of drug-likeness (QED) is 0.926. The number of rotatable bonds is 3. The normalized spacial score (nSPS) is 19.2. The molecule has 2 aliphatic heterocycles. The third-order valence-electron chi connectivity index (χ3n) is 4.87. The summed E-state index contributed by atoms with van der Waals surface area (Å²) >= 11 is 1.68. The van der Waals surface area contributed by atoms with Crippen LogP contribution in [0.3, 0.4) is 0 Å². The average Bonchev–Trinajstić information content (AvgIpc) is 3.34. The molecule has 0 radical (unpaired) electrons. The Morgan fingerprint density at radius 1 is 1.17 bits per heavy atom. The second kappa shape index (κ2) is 6.57. The summed E-state index contributed by atoms with van der Waals surface area (Å²) in [4.78, 5) is 27.0. The minimum atomic E-state index is 0.105. The number of nitrogens with zero attached hydrogens (tertiary/aromatic N) is 4. The van der Waals surface area contributed by atoms with E-state index in [-0.39, 0.29) is 5.91 Å². The standard InChI is InChI=1S/C17H23N5OS/c1-20-6-8-22(9-7-20)17-19-15(12-24-17)13-10-14(18-11-13)16(23)21-4-2-3-5-21/h10-12,18H,2-9H2,1H3. The van der Waals surface area contributed by atoms with Crippen molar-refractivity contribution in [3.63, 3.8) is 0 Å². The third kappa shape index (κ3) is 3.06.